The van der Waals surface area contributed by atoms with E-state index in [1.165, 1.54) is 11.1 Å². The highest BCUT2D eigenvalue weighted by Crippen LogP contribution is 2.47. The van der Waals surface area contributed by atoms with Crippen LogP contribution in [0, 0.1) is 18.8 Å². The van der Waals surface area contributed by atoms with E-state index < -0.39 is 5.54 Å². The molecule has 3 aromatic carbocycles. The summed E-state index contributed by atoms with van der Waals surface area (Å²) in [5.74, 6) is 0. The number of anilines is 1. The Hall–Kier alpha value is -4.27. The fourth-order valence-electron chi connectivity index (χ4n) is 6.60. The molecule has 8 heteroatoms. The van der Waals surface area contributed by atoms with Crippen molar-refractivity contribution in [3.8, 4) is 22.5 Å². The number of benzene rings is 3. The minimum Gasteiger partial charge on any atom is -0.381 e. The Morgan fingerprint density at radius 1 is 0.976 bits per heavy atom. The number of aromatic amines is 1. The molecule has 7 rings (SSSR count). The third-order valence-corrected chi connectivity index (χ3v) is 9.10. The number of nitroso groups, excluding NO2 is 1. The molecule has 2 N–H and O–H groups in total. The van der Waals surface area contributed by atoms with Crippen molar-refractivity contribution in [2.24, 2.45) is 12.2 Å². The Balaban J connectivity index is 1.20. The lowest BCUT2D eigenvalue weighted by Gasteiger charge is -2.41. The summed E-state index contributed by atoms with van der Waals surface area (Å²) in [5.41, 5.74) is 15.2. The smallest absolute Gasteiger partial charge is 0.136 e. The summed E-state index contributed by atoms with van der Waals surface area (Å²) in [7, 11) is 3.67. The summed E-state index contributed by atoms with van der Waals surface area (Å²) in [6.45, 7) is 6.07. The van der Waals surface area contributed by atoms with Crippen molar-refractivity contribution >= 4 is 16.7 Å². The molecule has 1 saturated carbocycles. The van der Waals surface area contributed by atoms with Gasteiger partial charge in [-0.3, -0.25) is 4.68 Å². The van der Waals surface area contributed by atoms with Crippen LogP contribution in [0.25, 0.3) is 33.5 Å². The Kier molecular flexibility index (Phi) is 6.06. The number of hydrogen-bond acceptors (Lipinski definition) is 6. The van der Waals surface area contributed by atoms with Crippen molar-refractivity contribution in [1.82, 2.24) is 19.8 Å². The molecule has 0 atom stereocenters. The van der Waals surface area contributed by atoms with Crippen molar-refractivity contribution in [1.29, 1.82) is 0 Å². The second-order valence-corrected chi connectivity index (χ2v) is 11.5. The molecule has 0 bridgehead atoms. The molecule has 0 radical (unpaired) electrons. The van der Waals surface area contributed by atoms with Gasteiger partial charge in [-0.1, -0.05) is 65.8 Å². The number of aryl methyl sites for hydroxylation is 2. The summed E-state index contributed by atoms with van der Waals surface area (Å²) in [6.07, 6.45) is 1.35. The third-order valence-electron chi connectivity index (χ3n) is 9.10. The number of fused-ring (bicyclic) bond motifs is 2. The van der Waals surface area contributed by atoms with Crippen molar-refractivity contribution < 1.29 is 4.74 Å². The summed E-state index contributed by atoms with van der Waals surface area (Å²) in [6, 6.07) is 23.2. The van der Waals surface area contributed by atoms with Crippen molar-refractivity contribution in [2.75, 3.05) is 12.5 Å². The maximum Gasteiger partial charge on any atom is 0.136 e. The molecule has 41 heavy (non-hydrogen) atoms. The quantitative estimate of drug-likeness (QED) is 0.215. The lowest BCUT2D eigenvalue weighted by Crippen LogP contribution is -2.43. The van der Waals surface area contributed by atoms with E-state index in [2.05, 4.69) is 89.0 Å². The minimum atomic E-state index is -0.680. The first-order valence-electron chi connectivity index (χ1n) is 14.1. The lowest BCUT2D eigenvalue weighted by atomic mass is 9.70. The summed E-state index contributed by atoms with van der Waals surface area (Å²) in [4.78, 5) is 15.4. The predicted octanol–water partition coefficient (Wildman–Crippen LogP) is 6.97. The molecule has 5 aromatic rings. The molecule has 1 aliphatic heterocycles. The number of hydrazine groups is 1. The first-order chi connectivity index (χ1) is 19.9. The lowest BCUT2D eigenvalue weighted by molar-refractivity contribution is -0.0157. The van der Waals surface area contributed by atoms with E-state index >= 15 is 0 Å². The standard InChI is InChI=1S/C33H34N6O2/c1-20-27(10-7-11-28(20)35-39-18-23-8-5-6-9-24(23)19-39)31-29-21(2)30(34-32(29)38(3)36-31)22-12-14-25(15-13-22)33(37-40)16-26(17-33)41-4/h5-15,26,34-35H,16-19H2,1-4H3. The van der Waals surface area contributed by atoms with Crippen molar-refractivity contribution in [3.05, 3.63) is 99.5 Å². The Bertz CT molecular complexity index is 1750. The second kappa shape index (κ2) is 9.68. The van der Waals surface area contributed by atoms with E-state index in [0.717, 1.165) is 69.0 Å². The number of ether oxygens (including phenoxy) is 1. The first-order valence-corrected chi connectivity index (χ1v) is 14.1. The molecule has 8 nitrogen and oxygen atoms in total. The maximum absolute atomic E-state index is 11.7. The molecule has 1 fully saturated rings. The highest BCUT2D eigenvalue weighted by atomic mass is 16.5. The van der Waals surface area contributed by atoms with E-state index in [1.54, 1.807) is 7.11 Å². The second-order valence-electron chi connectivity index (χ2n) is 11.5. The van der Waals surface area contributed by atoms with Crippen LogP contribution in [-0.2, 0) is 30.4 Å². The number of nitrogens with zero attached hydrogens (tertiary/aromatic N) is 4. The number of nitrogens with one attached hydrogen (secondary N) is 2. The molecular formula is C33H34N6O2. The van der Waals surface area contributed by atoms with Crippen molar-refractivity contribution in [3.63, 3.8) is 0 Å². The maximum atomic E-state index is 11.7. The van der Waals surface area contributed by atoms with Gasteiger partial charge in [-0.05, 0) is 53.3 Å². The van der Waals surface area contributed by atoms with Gasteiger partial charge in [0.1, 0.15) is 16.9 Å². The van der Waals surface area contributed by atoms with Crippen LogP contribution in [0.1, 0.15) is 40.7 Å². The van der Waals surface area contributed by atoms with Crippen LogP contribution in [0.3, 0.4) is 0 Å². The van der Waals surface area contributed by atoms with E-state index in [9.17, 15) is 4.91 Å². The predicted molar refractivity (Wildman–Crippen MR) is 162 cm³/mol. The average Bonchev–Trinajstić information content (AvgIpc) is 3.63. The molecular weight excluding hydrogens is 512 g/mol. The van der Waals surface area contributed by atoms with Crippen LogP contribution in [-0.4, -0.2) is 33.0 Å². The number of methoxy groups -OCH3 is 1. The van der Waals surface area contributed by atoms with Crippen LogP contribution in [0.15, 0.2) is 71.9 Å². The number of aromatic nitrogens is 3. The molecule has 0 amide bonds. The zero-order valence-corrected chi connectivity index (χ0v) is 23.9. The topological polar surface area (TPSA) is 87.5 Å². The summed E-state index contributed by atoms with van der Waals surface area (Å²) >= 11 is 0. The fourth-order valence-corrected chi connectivity index (χ4v) is 6.60. The molecule has 2 aliphatic rings. The Morgan fingerprint density at radius 3 is 2.34 bits per heavy atom. The number of hydrogen-bond donors (Lipinski definition) is 2. The largest absolute Gasteiger partial charge is 0.381 e. The van der Waals surface area contributed by atoms with Gasteiger partial charge in [-0.15, -0.1) is 4.91 Å². The van der Waals surface area contributed by atoms with Gasteiger partial charge in [0.05, 0.1) is 17.5 Å². The average molecular weight is 547 g/mol. The number of rotatable bonds is 7. The Morgan fingerprint density at radius 2 is 1.68 bits per heavy atom. The van der Waals surface area contributed by atoms with Gasteiger partial charge in [0.2, 0.25) is 0 Å². The molecule has 208 valence electrons. The van der Waals surface area contributed by atoms with Gasteiger partial charge < -0.3 is 15.1 Å². The van der Waals surface area contributed by atoms with Crippen LogP contribution >= 0.6 is 0 Å². The van der Waals surface area contributed by atoms with Gasteiger partial charge >= 0.3 is 0 Å². The molecule has 0 saturated heterocycles. The number of H-pyrrole nitrogens is 1. The highest BCUT2D eigenvalue weighted by Gasteiger charge is 2.47. The summed E-state index contributed by atoms with van der Waals surface area (Å²) < 4.78 is 7.33. The minimum absolute atomic E-state index is 0.0954. The molecule has 0 unspecified atom stereocenters. The van der Waals surface area contributed by atoms with Crippen LogP contribution in [0.5, 0.6) is 0 Å². The normalized spacial score (nSPS) is 20.2. The summed E-state index contributed by atoms with van der Waals surface area (Å²) in [5, 5.41) is 11.8. The SMILES string of the molecule is COC1CC(N=O)(c2ccc(-c3[nH]c4c(c(-c5cccc(NN6Cc7ccccc7C6)c5C)nn4C)c3C)cc2)C1. The van der Waals surface area contributed by atoms with E-state index in [-0.39, 0.29) is 6.10 Å². The van der Waals surface area contributed by atoms with Crippen LogP contribution in [0.2, 0.25) is 0 Å². The molecule has 1 aliphatic carbocycles. The van der Waals surface area contributed by atoms with Gasteiger partial charge in [0, 0.05) is 51.0 Å². The van der Waals surface area contributed by atoms with Gasteiger partial charge in [-0.2, -0.15) is 5.10 Å². The van der Waals surface area contributed by atoms with Gasteiger partial charge in [0.25, 0.3) is 0 Å². The van der Waals surface area contributed by atoms with Gasteiger partial charge in [-0.25, -0.2) is 5.01 Å². The fraction of sp³-hybridized carbons (Fsp3) is 0.303. The zero-order valence-electron chi connectivity index (χ0n) is 23.9. The molecule has 3 heterocycles. The Labute approximate surface area is 239 Å². The van der Waals surface area contributed by atoms with E-state index in [1.807, 2.05) is 23.9 Å². The molecule has 0 spiro atoms. The first kappa shape index (κ1) is 25.7. The van der Waals surface area contributed by atoms with Crippen LogP contribution < -0.4 is 5.43 Å². The van der Waals surface area contributed by atoms with E-state index in [0.29, 0.717) is 12.8 Å². The van der Waals surface area contributed by atoms with Gasteiger partial charge in [0.15, 0.2) is 0 Å². The molecule has 2 aromatic heterocycles. The monoisotopic (exact) mass is 546 g/mol. The highest BCUT2D eigenvalue weighted by molar-refractivity contribution is 6.00. The van der Waals surface area contributed by atoms with Crippen molar-refractivity contribution in [2.45, 2.75) is 51.4 Å². The van der Waals surface area contributed by atoms with E-state index in [4.69, 9.17) is 9.84 Å². The van der Waals surface area contributed by atoms with Crippen LogP contribution in [0.4, 0.5) is 5.69 Å². The third kappa shape index (κ3) is 4.09. The zero-order chi connectivity index (χ0) is 28.3.